The van der Waals surface area contributed by atoms with Gasteiger partial charge in [0.05, 0.1) is 24.7 Å². The molecule has 1 aromatic rings. The number of benzene rings is 1. The van der Waals surface area contributed by atoms with Crippen LogP contribution in [0.15, 0.2) is 17.0 Å². The van der Waals surface area contributed by atoms with E-state index in [0.29, 0.717) is 22.3 Å². The minimum Gasteiger partial charge on any atom is -0.491 e. The molecule has 0 radical (unpaired) electrons. The van der Waals surface area contributed by atoms with Crippen molar-refractivity contribution in [3.8, 4) is 5.75 Å². The summed E-state index contributed by atoms with van der Waals surface area (Å²) in [6, 6.07) is 3.06. The monoisotopic (exact) mass is 440 g/mol. The number of methoxy groups -OCH3 is 1. The Kier molecular flexibility index (Phi) is 6.36. The van der Waals surface area contributed by atoms with E-state index in [9.17, 15) is 9.18 Å². The predicted molar refractivity (Wildman–Crippen MR) is 114 cm³/mol. The van der Waals surface area contributed by atoms with Crippen molar-refractivity contribution >= 4 is 29.3 Å². The van der Waals surface area contributed by atoms with Crippen molar-refractivity contribution in [2.45, 2.75) is 68.4 Å². The summed E-state index contributed by atoms with van der Waals surface area (Å²) in [5.74, 6) is 1.34. The van der Waals surface area contributed by atoms with E-state index in [2.05, 4.69) is 6.92 Å². The van der Waals surface area contributed by atoms with Crippen LogP contribution in [0.2, 0.25) is 5.02 Å². The van der Waals surface area contributed by atoms with Crippen molar-refractivity contribution in [1.82, 2.24) is 0 Å². The van der Waals surface area contributed by atoms with Gasteiger partial charge in [-0.05, 0) is 50.0 Å². The third-order valence-electron chi connectivity index (χ3n) is 7.01. The van der Waals surface area contributed by atoms with Gasteiger partial charge in [0.2, 0.25) is 0 Å². The lowest BCUT2D eigenvalue weighted by molar-refractivity contribution is -0.144. The minimum absolute atomic E-state index is 0.0245. The number of rotatable bonds is 6. The van der Waals surface area contributed by atoms with E-state index in [4.69, 9.17) is 21.1 Å². The minimum atomic E-state index is -0.334. The maximum atomic E-state index is 14.8. The van der Waals surface area contributed by atoms with Crippen molar-refractivity contribution in [1.29, 1.82) is 0 Å². The standard InChI is InChI=1S/C23H30ClFO3S/c1-23(11-14-6-7-15(8-14)12-23)13-28-19-10-18(25)21(9-17(19)24)29-20-5-3-4-16(20)22(26)27-2/h9-10,14-16,20H,3-8,11-13H2,1-2H3/t14-,15+,16?,20?,23?. The van der Waals surface area contributed by atoms with E-state index < -0.39 is 0 Å². The molecule has 6 heteroatoms. The van der Waals surface area contributed by atoms with E-state index in [0.717, 1.165) is 31.1 Å². The Bertz CT molecular complexity index is 759. The fraction of sp³-hybridized carbons (Fsp3) is 0.696. The molecule has 0 saturated heterocycles. The molecule has 3 saturated carbocycles. The van der Waals surface area contributed by atoms with Gasteiger partial charge in [0.1, 0.15) is 11.6 Å². The van der Waals surface area contributed by atoms with Crippen LogP contribution in [0.5, 0.6) is 5.75 Å². The average molecular weight is 441 g/mol. The van der Waals surface area contributed by atoms with Gasteiger partial charge >= 0.3 is 5.97 Å². The van der Waals surface area contributed by atoms with Crippen molar-refractivity contribution in [2.24, 2.45) is 23.2 Å². The molecule has 3 unspecified atom stereocenters. The Hall–Kier alpha value is -0.940. The fourth-order valence-corrected chi connectivity index (χ4v) is 7.42. The molecule has 3 aliphatic carbocycles. The number of carbonyl (C=O) groups is 1. The zero-order valence-electron chi connectivity index (χ0n) is 17.2. The molecule has 0 heterocycles. The van der Waals surface area contributed by atoms with Gasteiger partial charge in [-0.25, -0.2) is 4.39 Å². The molecular weight excluding hydrogens is 411 g/mol. The van der Waals surface area contributed by atoms with Crippen LogP contribution in [0.1, 0.15) is 58.3 Å². The van der Waals surface area contributed by atoms with Gasteiger partial charge in [-0.15, -0.1) is 11.8 Å². The zero-order chi connectivity index (χ0) is 20.6. The third-order valence-corrected chi connectivity index (χ3v) is 8.74. The number of hydrogen-bond donors (Lipinski definition) is 0. The van der Waals surface area contributed by atoms with Crippen LogP contribution < -0.4 is 4.74 Å². The number of carbonyl (C=O) groups excluding carboxylic acids is 1. The van der Waals surface area contributed by atoms with Crippen LogP contribution in [-0.4, -0.2) is 24.9 Å². The molecule has 3 fully saturated rings. The largest absolute Gasteiger partial charge is 0.491 e. The molecule has 3 nitrogen and oxygen atoms in total. The van der Waals surface area contributed by atoms with Crippen LogP contribution in [0, 0.1) is 29.0 Å². The van der Waals surface area contributed by atoms with E-state index >= 15 is 0 Å². The lowest BCUT2D eigenvalue weighted by atomic mass is 9.71. The Morgan fingerprint density at radius 3 is 2.66 bits per heavy atom. The fourth-order valence-electron chi connectivity index (χ4n) is 5.76. The number of esters is 1. The lowest BCUT2D eigenvalue weighted by Gasteiger charge is -2.37. The lowest BCUT2D eigenvalue weighted by Crippen LogP contribution is -2.32. The summed E-state index contributed by atoms with van der Waals surface area (Å²) in [5, 5.41) is 0.459. The predicted octanol–water partition coefficient (Wildman–Crippen LogP) is 6.51. The topological polar surface area (TPSA) is 35.5 Å². The second-order valence-electron chi connectivity index (χ2n) is 9.48. The summed E-state index contributed by atoms with van der Waals surface area (Å²) >= 11 is 7.84. The molecule has 160 valence electrons. The van der Waals surface area contributed by atoms with Crippen molar-refractivity contribution in [2.75, 3.05) is 13.7 Å². The van der Waals surface area contributed by atoms with E-state index in [-0.39, 0.29) is 28.4 Å². The SMILES string of the molecule is COC(=O)C1CCCC1Sc1cc(Cl)c(OCC2(C)C[C@@H]3CC[C@@H](C3)C2)cc1F. The highest BCUT2D eigenvalue weighted by Crippen LogP contribution is 2.51. The Labute approximate surface area is 182 Å². The molecule has 5 atom stereocenters. The highest BCUT2D eigenvalue weighted by molar-refractivity contribution is 8.00. The Morgan fingerprint density at radius 1 is 1.24 bits per heavy atom. The molecule has 1 aromatic carbocycles. The van der Waals surface area contributed by atoms with Gasteiger partial charge < -0.3 is 9.47 Å². The summed E-state index contributed by atoms with van der Waals surface area (Å²) in [7, 11) is 1.41. The van der Waals surface area contributed by atoms with Crippen LogP contribution in [0.25, 0.3) is 0 Å². The molecule has 0 aromatic heterocycles. The molecular formula is C23H30ClFO3S. The van der Waals surface area contributed by atoms with Crippen molar-refractivity contribution in [3.05, 3.63) is 23.0 Å². The number of halogens is 2. The third kappa shape index (κ3) is 4.71. The first-order valence-corrected chi connectivity index (χ1v) is 12.0. The molecule has 4 rings (SSSR count). The maximum Gasteiger partial charge on any atom is 0.309 e. The number of hydrogen-bond acceptors (Lipinski definition) is 4. The number of fused-ring (bicyclic) bond motifs is 2. The van der Waals surface area contributed by atoms with Crippen LogP contribution in [0.3, 0.4) is 0 Å². The molecule has 0 spiro atoms. The summed E-state index contributed by atoms with van der Waals surface area (Å²) < 4.78 is 25.7. The Morgan fingerprint density at radius 2 is 1.97 bits per heavy atom. The summed E-state index contributed by atoms with van der Waals surface area (Å²) in [5.41, 5.74) is 0.148. The van der Waals surface area contributed by atoms with Gasteiger partial charge in [0.15, 0.2) is 0 Å². The van der Waals surface area contributed by atoms with Gasteiger partial charge in [0.25, 0.3) is 0 Å². The summed E-state index contributed by atoms with van der Waals surface area (Å²) in [6.07, 6.45) is 9.05. The van der Waals surface area contributed by atoms with Gasteiger partial charge in [0, 0.05) is 21.6 Å². The first-order chi connectivity index (χ1) is 13.9. The molecule has 0 amide bonds. The van der Waals surface area contributed by atoms with Crippen LogP contribution in [-0.2, 0) is 9.53 Å². The molecule has 3 aliphatic rings. The smallest absolute Gasteiger partial charge is 0.309 e. The van der Waals surface area contributed by atoms with Gasteiger partial charge in [-0.1, -0.05) is 37.8 Å². The van der Waals surface area contributed by atoms with E-state index in [1.54, 1.807) is 6.07 Å². The number of thioether (sulfide) groups is 1. The van der Waals surface area contributed by atoms with Crippen LogP contribution >= 0.6 is 23.4 Å². The van der Waals surface area contributed by atoms with E-state index in [1.807, 2.05) is 0 Å². The Balaban J connectivity index is 1.41. The number of ether oxygens (including phenoxy) is 2. The quantitative estimate of drug-likeness (QED) is 0.472. The van der Waals surface area contributed by atoms with Gasteiger partial charge in [-0.2, -0.15) is 0 Å². The average Bonchev–Trinajstić information content (AvgIpc) is 3.29. The summed E-state index contributed by atoms with van der Waals surface area (Å²) in [4.78, 5) is 12.4. The zero-order valence-corrected chi connectivity index (χ0v) is 18.8. The second kappa shape index (κ2) is 8.66. The van der Waals surface area contributed by atoms with E-state index in [1.165, 1.54) is 57.0 Å². The van der Waals surface area contributed by atoms with Crippen molar-refractivity contribution < 1.29 is 18.7 Å². The normalized spacial score (nSPS) is 33.7. The maximum absolute atomic E-state index is 14.8. The summed E-state index contributed by atoms with van der Waals surface area (Å²) in [6.45, 7) is 2.87. The highest BCUT2D eigenvalue weighted by Gasteiger charge is 2.41. The van der Waals surface area contributed by atoms with Gasteiger partial charge in [-0.3, -0.25) is 4.79 Å². The van der Waals surface area contributed by atoms with Crippen molar-refractivity contribution in [3.63, 3.8) is 0 Å². The van der Waals surface area contributed by atoms with Crippen LogP contribution in [0.4, 0.5) is 4.39 Å². The first kappa shape index (κ1) is 21.3. The molecule has 29 heavy (non-hydrogen) atoms. The highest BCUT2D eigenvalue weighted by atomic mass is 35.5. The second-order valence-corrected chi connectivity index (χ2v) is 11.2. The molecule has 0 N–H and O–H groups in total. The first-order valence-electron chi connectivity index (χ1n) is 10.7. The molecule has 0 aliphatic heterocycles. The molecule has 2 bridgehead atoms.